The van der Waals surface area contributed by atoms with Crippen LogP contribution in [0.3, 0.4) is 0 Å². The number of esters is 1. The van der Waals surface area contributed by atoms with E-state index in [2.05, 4.69) is 5.32 Å². The number of carbonyl (C=O) groups excluding carboxylic acids is 1. The zero-order chi connectivity index (χ0) is 14.1. The SMILES string of the molecule is CCOC(=O)C1(NCC2CC2)CCCC1S(C)(=O)=O. The minimum atomic E-state index is -3.26. The van der Waals surface area contributed by atoms with Crippen LogP contribution in [0.25, 0.3) is 0 Å². The number of nitrogens with one attached hydrogen (secondary N) is 1. The van der Waals surface area contributed by atoms with Crippen LogP contribution in [0.4, 0.5) is 0 Å². The van der Waals surface area contributed by atoms with E-state index in [1.807, 2.05) is 0 Å². The molecule has 2 aliphatic carbocycles. The average Bonchev–Trinajstić information content (AvgIpc) is 3.03. The smallest absolute Gasteiger partial charge is 0.327 e. The Morgan fingerprint density at radius 1 is 1.37 bits per heavy atom. The third-order valence-corrected chi connectivity index (χ3v) is 5.82. The normalized spacial score (nSPS) is 31.4. The molecule has 0 aliphatic heterocycles. The van der Waals surface area contributed by atoms with Crippen molar-refractivity contribution < 1.29 is 17.9 Å². The van der Waals surface area contributed by atoms with E-state index in [0.29, 0.717) is 25.3 Å². The van der Waals surface area contributed by atoms with Crippen molar-refractivity contribution in [1.82, 2.24) is 5.32 Å². The molecule has 2 atom stereocenters. The van der Waals surface area contributed by atoms with Crippen molar-refractivity contribution in [2.75, 3.05) is 19.4 Å². The Hall–Kier alpha value is -0.620. The third-order valence-electron chi connectivity index (χ3n) is 4.15. The Kier molecular flexibility index (Phi) is 4.20. The second-order valence-electron chi connectivity index (χ2n) is 5.73. The van der Waals surface area contributed by atoms with Gasteiger partial charge in [-0.05, 0) is 51.5 Å². The van der Waals surface area contributed by atoms with Crippen LogP contribution in [0, 0.1) is 5.92 Å². The second kappa shape index (κ2) is 5.40. The van der Waals surface area contributed by atoms with E-state index in [1.165, 1.54) is 6.26 Å². The molecule has 0 bridgehead atoms. The molecule has 0 radical (unpaired) electrons. The van der Waals surface area contributed by atoms with Crippen molar-refractivity contribution >= 4 is 15.8 Å². The standard InChI is InChI=1S/C13H23NO4S/c1-3-18-12(15)13(14-9-10-6-7-10)8-4-5-11(13)19(2,16)17/h10-11,14H,3-9H2,1-2H3. The molecule has 2 fully saturated rings. The molecule has 19 heavy (non-hydrogen) atoms. The maximum Gasteiger partial charge on any atom is 0.327 e. The van der Waals surface area contributed by atoms with Crippen LogP contribution in [0.5, 0.6) is 0 Å². The zero-order valence-electron chi connectivity index (χ0n) is 11.6. The van der Waals surface area contributed by atoms with E-state index in [4.69, 9.17) is 4.74 Å². The van der Waals surface area contributed by atoms with Gasteiger partial charge in [0.2, 0.25) is 0 Å². The van der Waals surface area contributed by atoms with Gasteiger partial charge in [-0.25, -0.2) is 8.42 Å². The minimum absolute atomic E-state index is 0.280. The van der Waals surface area contributed by atoms with Crippen molar-refractivity contribution in [2.24, 2.45) is 5.92 Å². The highest BCUT2D eigenvalue weighted by Crippen LogP contribution is 2.37. The second-order valence-corrected chi connectivity index (χ2v) is 7.95. The van der Waals surface area contributed by atoms with Gasteiger partial charge in [0.1, 0.15) is 5.54 Å². The van der Waals surface area contributed by atoms with Gasteiger partial charge in [-0.3, -0.25) is 4.79 Å². The van der Waals surface area contributed by atoms with E-state index >= 15 is 0 Å². The highest BCUT2D eigenvalue weighted by molar-refractivity contribution is 7.91. The summed E-state index contributed by atoms with van der Waals surface area (Å²) in [5.41, 5.74) is -1.02. The average molecular weight is 289 g/mol. The van der Waals surface area contributed by atoms with E-state index in [-0.39, 0.29) is 6.61 Å². The fourth-order valence-corrected chi connectivity index (χ4v) is 4.59. The largest absolute Gasteiger partial charge is 0.465 e. The van der Waals surface area contributed by atoms with Gasteiger partial charge in [-0.1, -0.05) is 0 Å². The Bertz CT molecular complexity index is 444. The molecule has 0 saturated heterocycles. The first kappa shape index (κ1) is 14.8. The van der Waals surface area contributed by atoms with E-state index in [9.17, 15) is 13.2 Å². The van der Waals surface area contributed by atoms with Gasteiger partial charge in [0.05, 0.1) is 11.9 Å². The van der Waals surface area contributed by atoms with Crippen LogP contribution in [0.1, 0.15) is 39.0 Å². The van der Waals surface area contributed by atoms with E-state index in [1.54, 1.807) is 6.92 Å². The van der Waals surface area contributed by atoms with Crippen LogP contribution in [-0.4, -0.2) is 44.6 Å². The van der Waals surface area contributed by atoms with Gasteiger partial charge < -0.3 is 10.1 Å². The third kappa shape index (κ3) is 3.11. The highest BCUT2D eigenvalue weighted by Gasteiger charge is 2.54. The quantitative estimate of drug-likeness (QED) is 0.735. The van der Waals surface area contributed by atoms with Gasteiger partial charge in [-0.15, -0.1) is 0 Å². The fraction of sp³-hybridized carbons (Fsp3) is 0.923. The molecule has 2 saturated carbocycles. The lowest BCUT2D eigenvalue weighted by molar-refractivity contribution is -0.150. The zero-order valence-corrected chi connectivity index (χ0v) is 12.5. The first-order valence-electron chi connectivity index (χ1n) is 7.01. The Morgan fingerprint density at radius 2 is 2.05 bits per heavy atom. The molecule has 0 aromatic carbocycles. The van der Waals surface area contributed by atoms with E-state index in [0.717, 1.165) is 19.3 Å². The molecular weight excluding hydrogens is 266 g/mol. The lowest BCUT2D eigenvalue weighted by Crippen LogP contribution is -2.60. The Labute approximate surface area is 115 Å². The summed E-state index contributed by atoms with van der Waals surface area (Å²) in [4.78, 5) is 12.3. The van der Waals surface area contributed by atoms with Crippen LogP contribution in [0.15, 0.2) is 0 Å². The summed E-state index contributed by atoms with van der Waals surface area (Å²) in [7, 11) is -3.26. The fourth-order valence-electron chi connectivity index (χ4n) is 2.97. The summed E-state index contributed by atoms with van der Waals surface area (Å²) in [6, 6.07) is 0. The molecule has 2 rings (SSSR count). The maximum atomic E-state index is 12.3. The number of rotatable bonds is 6. The van der Waals surface area contributed by atoms with Crippen molar-refractivity contribution in [3.63, 3.8) is 0 Å². The molecule has 2 unspecified atom stereocenters. The number of sulfone groups is 1. The summed E-state index contributed by atoms with van der Waals surface area (Å²) in [6.45, 7) is 2.74. The van der Waals surface area contributed by atoms with Crippen LogP contribution >= 0.6 is 0 Å². The summed E-state index contributed by atoms with van der Waals surface area (Å²) in [5, 5.41) is 2.59. The molecule has 1 N–H and O–H groups in total. The number of hydrogen-bond donors (Lipinski definition) is 1. The molecule has 5 nitrogen and oxygen atoms in total. The van der Waals surface area contributed by atoms with Crippen molar-refractivity contribution in [1.29, 1.82) is 0 Å². The molecule has 110 valence electrons. The lowest BCUT2D eigenvalue weighted by atomic mass is 9.97. The van der Waals surface area contributed by atoms with Gasteiger partial charge in [0.25, 0.3) is 0 Å². The van der Waals surface area contributed by atoms with Crippen LogP contribution < -0.4 is 5.32 Å². The maximum absolute atomic E-state index is 12.3. The summed E-state index contributed by atoms with van der Waals surface area (Å²) < 4.78 is 29.1. The summed E-state index contributed by atoms with van der Waals surface area (Å²) in [5.74, 6) is 0.190. The monoisotopic (exact) mass is 289 g/mol. The van der Waals surface area contributed by atoms with Crippen molar-refractivity contribution in [3.8, 4) is 0 Å². The topological polar surface area (TPSA) is 72.5 Å². The molecule has 2 aliphatic rings. The van der Waals surface area contributed by atoms with Gasteiger partial charge in [0.15, 0.2) is 9.84 Å². The lowest BCUT2D eigenvalue weighted by Gasteiger charge is -2.33. The number of carbonyl (C=O) groups is 1. The molecule has 6 heteroatoms. The number of ether oxygens (including phenoxy) is 1. The molecule has 0 heterocycles. The van der Waals surface area contributed by atoms with Gasteiger partial charge in [0, 0.05) is 6.26 Å². The Morgan fingerprint density at radius 3 is 2.58 bits per heavy atom. The number of hydrogen-bond acceptors (Lipinski definition) is 5. The van der Waals surface area contributed by atoms with E-state index < -0.39 is 26.6 Å². The summed E-state index contributed by atoms with van der Waals surface area (Å²) in [6.07, 6.45) is 5.38. The first-order valence-corrected chi connectivity index (χ1v) is 8.96. The molecule has 0 spiro atoms. The Balaban J connectivity index is 2.22. The van der Waals surface area contributed by atoms with Gasteiger partial charge >= 0.3 is 5.97 Å². The predicted molar refractivity (Wildman–Crippen MR) is 72.6 cm³/mol. The minimum Gasteiger partial charge on any atom is -0.465 e. The molecule has 0 aromatic rings. The molecule has 0 amide bonds. The van der Waals surface area contributed by atoms with Crippen molar-refractivity contribution in [2.45, 2.75) is 49.8 Å². The highest BCUT2D eigenvalue weighted by atomic mass is 32.2. The first-order chi connectivity index (χ1) is 8.90. The van der Waals surface area contributed by atoms with Crippen molar-refractivity contribution in [3.05, 3.63) is 0 Å². The predicted octanol–water partition coefficient (Wildman–Crippen LogP) is 0.885. The summed E-state index contributed by atoms with van der Waals surface area (Å²) >= 11 is 0. The van der Waals surface area contributed by atoms with Crippen LogP contribution in [-0.2, 0) is 19.4 Å². The van der Waals surface area contributed by atoms with Gasteiger partial charge in [-0.2, -0.15) is 0 Å². The molecular formula is C13H23NO4S. The van der Waals surface area contributed by atoms with Crippen LogP contribution in [0.2, 0.25) is 0 Å². The molecule has 0 aromatic heterocycles.